The summed E-state index contributed by atoms with van der Waals surface area (Å²) in [4.78, 5) is 4.84. The van der Waals surface area contributed by atoms with Crippen LogP contribution in [0, 0.1) is 18.1 Å². The Morgan fingerprint density at radius 1 is 0.925 bits per heavy atom. The molecule has 53 heavy (non-hydrogen) atoms. The smallest absolute Gasteiger partial charge is 0.509 e. The summed E-state index contributed by atoms with van der Waals surface area (Å²) < 4.78 is 11.1. The van der Waals surface area contributed by atoms with Crippen molar-refractivity contribution >= 4 is 27.4 Å². The third kappa shape index (κ3) is 7.74. The summed E-state index contributed by atoms with van der Waals surface area (Å²) in [6.45, 7) is 17.8. The van der Waals surface area contributed by atoms with E-state index in [0.717, 1.165) is 95.8 Å². The van der Waals surface area contributed by atoms with Crippen LogP contribution in [0.1, 0.15) is 114 Å². The summed E-state index contributed by atoms with van der Waals surface area (Å²) in [6.07, 6.45) is 14.1. The van der Waals surface area contributed by atoms with Gasteiger partial charge in [-0.25, -0.2) is 4.98 Å². The average molecular weight is 884 g/mol. The first-order valence-corrected chi connectivity index (χ1v) is 19.4. The zero-order chi connectivity index (χ0) is 36.4. The van der Waals surface area contributed by atoms with E-state index in [1.54, 1.807) is 0 Å². The first-order valence-electron chi connectivity index (χ1n) is 19.4. The second-order valence-electron chi connectivity index (χ2n) is 14.8. The molecule has 0 bridgehead atoms. The van der Waals surface area contributed by atoms with Crippen LogP contribution in [0.25, 0.3) is 38.9 Å². The molecule has 0 spiro atoms. The second kappa shape index (κ2) is 16.9. The van der Waals surface area contributed by atoms with Crippen molar-refractivity contribution in [3.8, 4) is 23.0 Å². The molecule has 0 saturated carbocycles. The number of nitrogens with zero attached hydrogens (tertiary/aromatic N) is 4. The standard InChI is InChI=1S/C47H52N4O.Pt/c1-8-11-19-34-24-25-48-45(26-34)50-42-21-13-12-20-39(42)40-23-22-37(30-44(40)50)52-38-28-35(31(4)5)27-36(29-38)51-43(16-10-3)47(41(49-51)15-9-2)46-32(6)17-14-18-33(46)7;/h12-13,17,20-28,33,46H,4,8-11,14-16,18-19H2,1-3,5-7H3;/q-2;+2/t33-,46?;/m0./s1. The maximum absolute atomic E-state index is 6.70. The summed E-state index contributed by atoms with van der Waals surface area (Å²) in [5.41, 5.74) is 11.6. The minimum atomic E-state index is 0. The molecular formula is C47H52N4OPt. The fourth-order valence-corrected chi connectivity index (χ4v) is 8.15. The molecular weight excluding hydrogens is 832 g/mol. The number of rotatable bonds is 13. The van der Waals surface area contributed by atoms with E-state index >= 15 is 0 Å². The quantitative estimate of drug-likeness (QED) is 0.0857. The van der Waals surface area contributed by atoms with Crippen LogP contribution < -0.4 is 4.74 Å². The zero-order valence-corrected chi connectivity index (χ0v) is 34.4. The normalized spacial score (nSPS) is 15.8. The summed E-state index contributed by atoms with van der Waals surface area (Å²) >= 11 is 0. The predicted molar refractivity (Wildman–Crippen MR) is 216 cm³/mol. The van der Waals surface area contributed by atoms with Gasteiger partial charge >= 0.3 is 21.1 Å². The Morgan fingerprint density at radius 3 is 2.49 bits per heavy atom. The first-order chi connectivity index (χ1) is 25.3. The number of allylic oxidation sites excluding steroid dienone is 3. The predicted octanol–water partition coefficient (Wildman–Crippen LogP) is 12.5. The van der Waals surface area contributed by atoms with Crippen molar-refractivity contribution < 1.29 is 25.8 Å². The molecule has 6 heteroatoms. The number of ether oxygens (including phenoxy) is 1. The van der Waals surface area contributed by atoms with Gasteiger partial charge in [0.05, 0.1) is 5.69 Å². The monoisotopic (exact) mass is 883 g/mol. The second-order valence-corrected chi connectivity index (χ2v) is 14.8. The molecule has 5 nitrogen and oxygen atoms in total. The van der Waals surface area contributed by atoms with Crippen LogP contribution in [0.5, 0.6) is 11.5 Å². The fourth-order valence-electron chi connectivity index (χ4n) is 8.15. The minimum Gasteiger partial charge on any atom is -0.509 e. The Bertz CT molecular complexity index is 2270. The maximum atomic E-state index is 6.70. The molecule has 0 radical (unpaired) electrons. The van der Waals surface area contributed by atoms with E-state index in [4.69, 9.17) is 14.8 Å². The largest absolute Gasteiger partial charge is 2.00 e. The van der Waals surface area contributed by atoms with Gasteiger partial charge in [-0.1, -0.05) is 94.5 Å². The van der Waals surface area contributed by atoms with Gasteiger partial charge in [0.2, 0.25) is 0 Å². The molecule has 2 atom stereocenters. The fraction of sp³-hybridized carbons (Fsp3) is 0.362. The van der Waals surface area contributed by atoms with E-state index in [1.807, 2.05) is 25.3 Å². The summed E-state index contributed by atoms with van der Waals surface area (Å²) in [5.74, 6) is 3.10. The van der Waals surface area contributed by atoms with Gasteiger partial charge in [0, 0.05) is 40.4 Å². The Balaban J connectivity index is 0.00000481. The molecule has 1 aliphatic carbocycles. The van der Waals surface area contributed by atoms with Crippen molar-refractivity contribution in [2.24, 2.45) is 5.92 Å². The number of para-hydroxylation sites is 1. The van der Waals surface area contributed by atoms with Crippen LogP contribution >= 0.6 is 0 Å². The molecule has 0 amide bonds. The van der Waals surface area contributed by atoms with E-state index in [9.17, 15) is 0 Å². The van der Waals surface area contributed by atoms with Crippen LogP contribution in [-0.2, 0) is 40.3 Å². The number of aromatic nitrogens is 4. The number of aryl methyl sites for hydroxylation is 2. The SMILES string of the molecule is C=C(C)c1cc(Oc2[c-]c3c(cc2)c2ccccc2n3-c2cc(CCCC)ccn2)[c-]c(-n2nc(CCC)c(C3C(C)=CCC[C@@H]3C)c2CCC)c1.[Pt+2]. The topological polar surface area (TPSA) is 44.9 Å². The van der Waals surface area contributed by atoms with E-state index in [1.165, 1.54) is 34.5 Å². The Hall–Kier alpha value is -4.21. The summed E-state index contributed by atoms with van der Waals surface area (Å²) in [5, 5.41) is 7.65. The molecule has 1 unspecified atom stereocenters. The molecule has 3 heterocycles. The first kappa shape index (κ1) is 38.5. The van der Waals surface area contributed by atoms with Crippen molar-refractivity contribution in [1.82, 2.24) is 19.3 Å². The molecule has 0 N–H and O–H groups in total. The Labute approximate surface area is 330 Å². The van der Waals surface area contributed by atoms with Crippen molar-refractivity contribution in [3.05, 3.63) is 125 Å². The van der Waals surface area contributed by atoms with Crippen LogP contribution in [0.4, 0.5) is 0 Å². The number of fused-ring (bicyclic) bond motifs is 3. The van der Waals surface area contributed by atoms with E-state index < -0.39 is 0 Å². The number of hydrogen-bond acceptors (Lipinski definition) is 3. The number of pyridine rings is 1. The molecule has 3 aromatic carbocycles. The van der Waals surface area contributed by atoms with Crippen LogP contribution in [0.2, 0.25) is 0 Å². The van der Waals surface area contributed by atoms with Crippen molar-refractivity contribution in [2.45, 2.75) is 105 Å². The summed E-state index contributed by atoms with van der Waals surface area (Å²) in [7, 11) is 0. The molecule has 0 saturated heterocycles. The van der Waals surface area contributed by atoms with Gasteiger partial charge in [-0.15, -0.1) is 41.3 Å². The molecule has 3 aromatic heterocycles. The van der Waals surface area contributed by atoms with Crippen LogP contribution in [-0.4, -0.2) is 19.3 Å². The maximum Gasteiger partial charge on any atom is 2.00 e. The number of hydrogen-bond donors (Lipinski definition) is 0. The van der Waals surface area contributed by atoms with Gasteiger partial charge in [-0.2, -0.15) is 11.2 Å². The third-order valence-corrected chi connectivity index (χ3v) is 10.7. The van der Waals surface area contributed by atoms with E-state index in [-0.39, 0.29) is 21.1 Å². The molecule has 0 fully saturated rings. The average Bonchev–Trinajstić information content (AvgIpc) is 3.66. The summed E-state index contributed by atoms with van der Waals surface area (Å²) in [6, 6.07) is 28.5. The Morgan fingerprint density at radius 2 is 1.74 bits per heavy atom. The van der Waals surface area contributed by atoms with Gasteiger partial charge in [-0.05, 0) is 93.1 Å². The molecule has 6 aromatic rings. The van der Waals surface area contributed by atoms with Crippen molar-refractivity contribution in [3.63, 3.8) is 0 Å². The van der Waals surface area contributed by atoms with Gasteiger partial charge in [0.1, 0.15) is 5.82 Å². The Kier molecular flexibility index (Phi) is 12.2. The van der Waals surface area contributed by atoms with Crippen molar-refractivity contribution in [2.75, 3.05) is 0 Å². The van der Waals surface area contributed by atoms with Gasteiger partial charge in [0.15, 0.2) is 0 Å². The minimum absolute atomic E-state index is 0. The van der Waals surface area contributed by atoms with E-state index in [2.05, 4.69) is 117 Å². The molecule has 0 aliphatic heterocycles. The molecule has 7 rings (SSSR count). The number of unbranched alkanes of at least 4 members (excludes halogenated alkanes) is 1. The van der Waals surface area contributed by atoms with Gasteiger partial charge in [-0.3, -0.25) is 4.68 Å². The zero-order valence-electron chi connectivity index (χ0n) is 32.2. The van der Waals surface area contributed by atoms with Crippen LogP contribution in [0.3, 0.4) is 0 Å². The van der Waals surface area contributed by atoms with Gasteiger partial charge < -0.3 is 9.30 Å². The number of benzene rings is 3. The third-order valence-electron chi connectivity index (χ3n) is 10.7. The van der Waals surface area contributed by atoms with Crippen LogP contribution in [0.15, 0.2) is 85.1 Å². The molecule has 1 aliphatic rings. The molecule has 276 valence electrons. The van der Waals surface area contributed by atoms with E-state index in [0.29, 0.717) is 23.3 Å². The van der Waals surface area contributed by atoms with Gasteiger partial charge in [0.25, 0.3) is 0 Å². The van der Waals surface area contributed by atoms with Crippen molar-refractivity contribution in [1.29, 1.82) is 0 Å².